The molecule has 1 aromatic carbocycles. The molecule has 0 radical (unpaired) electrons. The zero-order valence-corrected chi connectivity index (χ0v) is 12.4. The predicted molar refractivity (Wildman–Crippen MR) is 78.3 cm³/mol. The van der Waals surface area contributed by atoms with Crippen molar-refractivity contribution in [2.75, 3.05) is 0 Å². The van der Waals surface area contributed by atoms with E-state index in [1.807, 2.05) is 19.1 Å². The molecular formula is C14H17ClN2S. The van der Waals surface area contributed by atoms with E-state index in [9.17, 15) is 0 Å². The van der Waals surface area contributed by atoms with Gasteiger partial charge in [-0.3, -0.25) is 0 Å². The third-order valence-electron chi connectivity index (χ3n) is 2.94. The highest BCUT2D eigenvalue weighted by Gasteiger charge is 2.08. The zero-order chi connectivity index (χ0) is 13.1. The van der Waals surface area contributed by atoms with Gasteiger partial charge in [-0.25, -0.2) is 4.98 Å². The third kappa shape index (κ3) is 3.31. The summed E-state index contributed by atoms with van der Waals surface area (Å²) < 4.78 is 0. The fourth-order valence-corrected chi connectivity index (χ4v) is 2.87. The topological polar surface area (TPSA) is 24.9 Å². The summed E-state index contributed by atoms with van der Waals surface area (Å²) in [5, 5.41) is 5.42. The van der Waals surface area contributed by atoms with E-state index in [2.05, 4.69) is 36.3 Å². The molecule has 0 fully saturated rings. The summed E-state index contributed by atoms with van der Waals surface area (Å²) in [5.74, 6) is 0. The van der Waals surface area contributed by atoms with Crippen LogP contribution < -0.4 is 5.32 Å². The van der Waals surface area contributed by atoms with Gasteiger partial charge in [0, 0.05) is 22.5 Å². The van der Waals surface area contributed by atoms with E-state index in [0.717, 1.165) is 22.3 Å². The molecule has 2 aromatic rings. The van der Waals surface area contributed by atoms with Gasteiger partial charge in [0.05, 0.1) is 10.7 Å². The minimum Gasteiger partial charge on any atom is -0.305 e. The molecule has 0 amide bonds. The second-order valence-electron chi connectivity index (χ2n) is 4.40. The Bertz CT molecular complexity index is 519. The van der Waals surface area contributed by atoms with Crippen LogP contribution >= 0.6 is 22.9 Å². The van der Waals surface area contributed by atoms with Crippen molar-refractivity contribution >= 4 is 22.9 Å². The number of nitrogens with one attached hydrogen (secondary N) is 1. The first-order valence-electron chi connectivity index (χ1n) is 5.98. The molecule has 1 N–H and O–H groups in total. The van der Waals surface area contributed by atoms with Gasteiger partial charge in [0.1, 0.15) is 0 Å². The van der Waals surface area contributed by atoms with Gasteiger partial charge in [-0.1, -0.05) is 23.7 Å². The predicted octanol–water partition coefficient (Wildman–Crippen LogP) is 4.26. The van der Waals surface area contributed by atoms with Gasteiger partial charge in [0.15, 0.2) is 0 Å². The summed E-state index contributed by atoms with van der Waals surface area (Å²) in [6, 6.07) is 8.29. The first-order chi connectivity index (χ1) is 8.56. The Kier molecular flexibility index (Phi) is 4.38. The molecule has 1 unspecified atom stereocenters. The van der Waals surface area contributed by atoms with E-state index in [4.69, 9.17) is 11.6 Å². The van der Waals surface area contributed by atoms with Crippen LogP contribution in [-0.2, 0) is 6.54 Å². The number of hydrogen-bond donors (Lipinski definition) is 1. The van der Waals surface area contributed by atoms with Crippen LogP contribution in [0.1, 0.15) is 34.1 Å². The zero-order valence-electron chi connectivity index (χ0n) is 10.8. The van der Waals surface area contributed by atoms with Gasteiger partial charge >= 0.3 is 0 Å². The molecule has 0 spiro atoms. The number of benzene rings is 1. The van der Waals surface area contributed by atoms with Gasteiger partial charge in [-0.05, 0) is 38.5 Å². The van der Waals surface area contributed by atoms with Gasteiger partial charge in [-0.15, -0.1) is 11.3 Å². The normalized spacial score (nSPS) is 12.7. The van der Waals surface area contributed by atoms with Crippen molar-refractivity contribution in [1.29, 1.82) is 0 Å². The summed E-state index contributed by atoms with van der Waals surface area (Å²) in [6.07, 6.45) is 0. The van der Waals surface area contributed by atoms with Crippen LogP contribution in [0.15, 0.2) is 24.3 Å². The molecule has 0 aliphatic carbocycles. The molecule has 1 aromatic heterocycles. The lowest BCUT2D eigenvalue weighted by Gasteiger charge is -2.13. The number of rotatable bonds is 4. The highest BCUT2D eigenvalue weighted by atomic mass is 35.5. The SMILES string of the molecule is Cc1nc(C)c(CNC(C)c2ccc(Cl)cc2)s1. The molecule has 0 aliphatic rings. The smallest absolute Gasteiger partial charge is 0.0900 e. The lowest BCUT2D eigenvalue weighted by molar-refractivity contribution is 0.577. The Morgan fingerprint density at radius 3 is 2.50 bits per heavy atom. The van der Waals surface area contributed by atoms with Crippen LogP contribution in [-0.4, -0.2) is 4.98 Å². The molecule has 1 heterocycles. The Labute approximate surface area is 117 Å². The first-order valence-corrected chi connectivity index (χ1v) is 7.17. The molecular weight excluding hydrogens is 264 g/mol. The Morgan fingerprint density at radius 1 is 1.28 bits per heavy atom. The molecule has 18 heavy (non-hydrogen) atoms. The minimum atomic E-state index is 0.309. The molecule has 0 saturated carbocycles. The van der Waals surface area contributed by atoms with Gasteiger partial charge in [0.25, 0.3) is 0 Å². The number of aromatic nitrogens is 1. The van der Waals surface area contributed by atoms with E-state index in [-0.39, 0.29) is 0 Å². The van der Waals surface area contributed by atoms with Crippen LogP contribution in [0.5, 0.6) is 0 Å². The molecule has 2 rings (SSSR count). The van der Waals surface area contributed by atoms with Crippen LogP contribution in [0, 0.1) is 13.8 Å². The first kappa shape index (κ1) is 13.5. The average molecular weight is 281 g/mol. The lowest BCUT2D eigenvalue weighted by Crippen LogP contribution is -2.17. The highest BCUT2D eigenvalue weighted by molar-refractivity contribution is 7.11. The monoisotopic (exact) mass is 280 g/mol. The summed E-state index contributed by atoms with van der Waals surface area (Å²) >= 11 is 7.65. The van der Waals surface area contributed by atoms with E-state index >= 15 is 0 Å². The molecule has 4 heteroatoms. The minimum absolute atomic E-state index is 0.309. The summed E-state index contributed by atoms with van der Waals surface area (Å²) in [6.45, 7) is 7.13. The van der Waals surface area contributed by atoms with Gasteiger partial charge in [-0.2, -0.15) is 0 Å². The highest BCUT2D eigenvalue weighted by Crippen LogP contribution is 2.20. The molecule has 96 valence electrons. The number of thiazole rings is 1. The van der Waals surface area contributed by atoms with Crippen molar-refractivity contribution in [3.05, 3.63) is 50.4 Å². The van der Waals surface area contributed by atoms with Crippen molar-refractivity contribution in [2.45, 2.75) is 33.4 Å². The van der Waals surface area contributed by atoms with Crippen molar-refractivity contribution in [3.8, 4) is 0 Å². The molecule has 0 bridgehead atoms. The fourth-order valence-electron chi connectivity index (χ4n) is 1.85. The van der Waals surface area contributed by atoms with Crippen LogP contribution in [0.3, 0.4) is 0 Å². The second-order valence-corrected chi connectivity index (χ2v) is 6.12. The van der Waals surface area contributed by atoms with Crippen LogP contribution in [0.25, 0.3) is 0 Å². The Balaban J connectivity index is 1.98. The van der Waals surface area contributed by atoms with E-state index in [1.54, 1.807) is 11.3 Å². The van der Waals surface area contributed by atoms with E-state index in [0.29, 0.717) is 6.04 Å². The molecule has 2 nitrogen and oxygen atoms in total. The van der Waals surface area contributed by atoms with E-state index in [1.165, 1.54) is 10.4 Å². The maximum Gasteiger partial charge on any atom is 0.0900 e. The molecule has 0 aliphatic heterocycles. The van der Waals surface area contributed by atoms with Crippen molar-refractivity contribution in [1.82, 2.24) is 10.3 Å². The fraction of sp³-hybridized carbons (Fsp3) is 0.357. The van der Waals surface area contributed by atoms with Crippen molar-refractivity contribution < 1.29 is 0 Å². The summed E-state index contributed by atoms with van der Waals surface area (Å²) in [7, 11) is 0. The van der Waals surface area contributed by atoms with Gasteiger partial charge < -0.3 is 5.32 Å². The largest absolute Gasteiger partial charge is 0.305 e. The molecule has 0 saturated heterocycles. The number of halogens is 1. The number of aryl methyl sites for hydroxylation is 2. The summed E-state index contributed by atoms with van der Waals surface area (Å²) in [4.78, 5) is 5.75. The van der Waals surface area contributed by atoms with Crippen LogP contribution in [0.2, 0.25) is 5.02 Å². The standard InChI is InChI=1S/C14H17ClN2S/c1-9(12-4-6-13(15)7-5-12)16-8-14-10(2)17-11(3)18-14/h4-7,9,16H,8H2,1-3H3. The lowest BCUT2D eigenvalue weighted by atomic mass is 10.1. The Morgan fingerprint density at radius 2 is 1.94 bits per heavy atom. The van der Waals surface area contributed by atoms with Gasteiger partial charge in [0.2, 0.25) is 0 Å². The maximum absolute atomic E-state index is 5.89. The van der Waals surface area contributed by atoms with Crippen molar-refractivity contribution in [2.24, 2.45) is 0 Å². The average Bonchev–Trinajstić information content (AvgIpc) is 2.66. The van der Waals surface area contributed by atoms with Crippen molar-refractivity contribution in [3.63, 3.8) is 0 Å². The maximum atomic E-state index is 5.89. The Hall–Kier alpha value is -0.900. The third-order valence-corrected chi connectivity index (χ3v) is 4.26. The number of hydrogen-bond acceptors (Lipinski definition) is 3. The summed E-state index contributed by atoms with van der Waals surface area (Å²) in [5.41, 5.74) is 2.38. The molecule has 1 atom stereocenters. The second kappa shape index (κ2) is 5.83. The van der Waals surface area contributed by atoms with Crippen LogP contribution in [0.4, 0.5) is 0 Å². The quantitative estimate of drug-likeness (QED) is 0.905. The van der Waals surface area contributed by atoms with E-state index < -0.39 is 0 Å². The number of nitrogens with zero attached hydrogens (tertiary/aromatic N) is 1.